The molecule has 1 fully saturated rings. The summed E-state index contributed by atoms with van der Waals surface area (Å²) in [5.74, 6) is 0.544. The van der Waals surface area contributed by atoms with Crippen LogP contribution in [-0.4, -0.2) is 51.6 Å². The molecule has 0 N–H and O–H groups in total. The van der Waals surface area contributed by atoms with Gasteiger partial charge in [-0.15, -0.1) is 5.10 Å². The minimum absolute atomic E-state index is 0.00196. The van der Waals surface area contributed by atoms with Crippen LogP contribution in [0.3, 0.4) is 0 Å². The Morgan fingerprint density at radius 1 is 1.48 bits per heavy atom. The third-order valence-electron chi connectivity index (χ3n) is 4.69. The molecule has 7 nitrogen and oxygen atoms in total. The quantitative estimate of drug-likeness (QED) is 0.838. The average Bonchev–Trinajstić information content (AvgIpc) is 3.12. The number of likely N-dealkylation sites (tertiary alicyclic amines) is 1. The first kappa shape index (κ1) is 16.4. The van der Waals surface area contributed by atoms with Crippen LogP contribution in [0.1, 0.15) is 35.4 Å². The number of ether oxygens (including phenoxy) is 2. The van der Waals surface area contributed by atoms with Crippen LogP contribution in [0.5, 0.6) is 5.75 Å². The molecule has 2 unspecified atom stereocenters. The third kappa shape index (κ3) is 2.98. The van der Waals surface area contributed by atoms with Gasteiger partial charge in [0.25, 0.3) is 5.91 Å². The maximum absolute atomic E-state index is 12.9. The lowest BCUT2D eigenvalue weighted by Crippen LogP contribution is -2.49. The Hall–Kier alpha value is -2.12. The lowest BCUT2D eigenvalue weighted by Gasteiger charge is -2.41. The number of hydrogen-bond acceptors (Lipinski definition) is 5. The maximum Gasteiger partial charge on any atom is 0.253 e. The Labute approximate surface area is 150 Å². The maximum atomic E-state index is 12.9. The number of fused-ring (bicyclic) bond motifs is 3. The van der Waals surface area contributed by atoms with E-state index in [1.54, 1.807) is 24.4 Å². The third-order valence-corrected chi connectivity index (χ3v) is 4.99. The zero-order valence-corrected chi connectivity index (χ0v) is 14.6. The van der Waals surface area contributed by atoms with Crippen molar-refractivity contribution in [3.05, 3.63) is 40.7 Å². The first-order valence-corrected chi connectivity index (χ1v) is 8.77. The molecule has 0 radical (unpaired) electrons. The van der Waals surface area contributed by atoms with Crippen LogP contribution in [0.25, 0.3) is 0 Å². The largest absolute Gasteiger partial charge is 0.492 e. The number of piperidine rings is 1. The second kappa shape index (κ2) is 6.65. The molecule has 0 saturated carbocycles. The van der Waals surface area contributed by atoms with Gasteiger partial charge in [-0.05, 0) is 31.5 Å². The standard InChI is InChI=1S/C17H19ClN4O3/c1-2-24-15-4-3-11(7-13(15)18)17(23)21-6-5-16-14(9-21)22-12(10-25-16)8-19-20-22/h3-4,7-8,14,16H,2,5-6,9-10H2,1H3. The number of rotatable bonds is 3. The molecular formula is C17H19ClN4O3. The highest BCUT2D eigenvalue weighted by Gasteiger charge is 2.38. The van der Waals surface area contributed by atoms with Crippen molar-refractivity contribution >= 4 is 17.5 Å². The minimum Gasteiger partial charge on any atom is -0.492 e. The Bertz CT molecular complexity index is 794. The summed E-state index contributed by atoms with van der Waals surface area (Å²) in [6.07, 6.45) is 2.56. The van der Waals surface area contributed by atoms with Crippen molar-refractivity contribution < 1.29 is 14.3 Å². The molecule has 1 saturated heterocycles. The molecule has 2 aliphatic heterocycles. The topological polar surface area (TPSA) is 69.5 Å². The van der Waals surface area contributed by atoms with E-state index < -0.39 is 0 Å². The highest BCUT2D eigenvalue weighted by Crippen LogP contribution is 2.31. The van der Waals surface area contributed by atoms with Gasteiger partial charge in [-0.25, -0.2) is 4.68 Å². The summed E-state index contributed by atoms with van der Waals surface area (Å²) < 4.78 is 13.2. The fourth-order valence-electron chi connectivity index (χ4n) is 3.45. The highest BCUT2D eigenvalue weighted by atomic mass is 35.5. The lowest BCUT2D eigenvalue weighted by atomic mass is 9.99. The van der Waals surface area contributed by atoms with Crippen LogP contribution in [-0.2, 0) is 11.3 Å². The number of nitrogens with zero attached hydrogens (tertiary/aromatic N) is 4. The fourth-order valence-corrected chi connectivity index (χ4v) is 3.69. The van der Waals surface area contributed by atoms with E-state index >= 15 is 0 Å². The van der Waals surface area contributed by atoms with Crippen LogP contribution >= 0.6 is 11.6 Å². The first-order chi connectivity index (χ1) is 12.2. The van der Waals surface area contributed by atoms with E-state index in [-0.39, 0.29) is 18.1 Å². The van der Waals surface area contributed by atoms with Crippen molar-refractivity contribution in [2.45, 2.75) is 32.1 Å². The molecule has 3 heterocycles. The number of benzene rings is 1. The van der Waals surface area contributed by atoms with Crippen molar-refractivity contribution in [1.29, 1.82) is 0 Å². The van der Waals surface area contributed by atoms with Crippen LogP contribution in [0.15, 0.2) is 24.4 Å². The van der Waals surface area contributed by atoms with Gasteiger partial charge in [0.15, 0.2) is 0 Å². The Kier molecular flexibility index (Phi) is 4.35. The van der Waals surface area contributed by atoms with E-state index in [0.29, 0.717) is 42.6 Å². The zero-order chi connectivity index (χ0) is 17.4. The summed E-state index contributed by atoms with van der Waals surface area (Å²) in [5, 5.41) is 8.57. The molecule has 25 heavy (non-hydrogen) atoms. The van der Waals surface area contributed by atoms with E-state index in [0.717, 1.165) is 12.1 Å². The number of carbonyl (C=O) groups excluding carboxylic acids is 1. The first-order valence-electron chi connectivity index (χ1n) is 8.39. The number of amides is 1. The Morgan fingerprint density at radius 2 is 2.36 bits per heavy atom. The van der Waals surface area contributed by atoms with Crippen LogP contribution < -0.4 is 4.74 Å². The molecular weight excluding hydrogens is 344 g/mol. The molecule has 0 spiro atoms. The van der Waals surface area contributed by atoms with Gasteiger partial charge >= 0.3 is 0 Å². The molecule has 8 heteroatoms. The van der Waals surface area contributed by atoms with E-state index in [4.69, 9.17) is 21.1 Å². The number of carbonyl (C=O) groups is 1. The summed E-state index contributed by atoms with van der Waals surface area (Å²) in [6, 6.07) is 5.16. The van der Waals surface area contributed by atoms with Crippen molar-refractivity contribution in [2.75, 3.05) is 19.7 Å². The normalized spacial score (nSPS) is 22.2. The molecule has 132 valence electrons. The summed E-state index contributed by atoms with van der Waals surface area (Å²) >= 11 is 6.22. The lowest BCUT2D eigenvalue weighted by molar-refractivity contribution is -0.0605. The Morgan fingerprint density at radius 3 is 3.16 bits per heavy atom. The molecule has 1 amide bonds. The molecule has 0 aliphatic carbocycles. The fraction of sp³-hybridized carbons (Fsp3) is 0.471. The molecule has 0 bridgehead atoms. The smallest absolute Gasteiger partial charge is 0.253 e. The van der Waals surface area contributed by atoms with Crippen LogP contribution in [0, 0.1) is 0 Å². The number of hydrogen-bond donors (Lipinski definition) is 0. The summed E-state index contributed by atoms with van der Waals surface area (Å²) in [5.41, 5.74) is 1.50. The number of aromatic nitrogens is 3. The predicted molar refractivity (Wildman–Crippen MR) is 90.8 cm³/mol. The van der Waals surface area contributed by atoms with Crippen molar-refractivity contribution in [3.8, 4) is 5.75 Å². The van der Waals surface area contributed by atoms with Gasteiger partial charge < -0.3 is 14.4 Å². The van der Waals surface area contributed by atoms with Crippen LogP contribution in [0.4, 0.5) is 0 Å². The van der Waals surface area contributed by atoms with E-state index in [9.17, 15) is 4.79 Å². The second-order valence-corrected chi connectivity index (χ2v) is 6.61. The van der Waals surface area contributed by atoms with Crippen LogP contribution in [0.2, 0.25) is 5.02 Å². The highest BCUT2D eigenvalue weighted by molar-refractivity contribution is 6.32. The zero-order valence-electron chi connectivity index (χ0n) is 13.9. The molecule has 1 aromatic heterocycles. The summed E-state index contributed by atoms with van der Waals surface area (Å²) in [6.45, 7) is 4.14. The minimum atomic E-state index is -0.0457. The molecule has 2 aromatic rings. The monoisotopic (exact) mass is 362 g/mol. The molecule has 2 aliphatic rings. The molecule has 4 rings (SSSR count). The van der Waals surface area contributed by atoms with Gasteiger partial charge in [0.2, 0.25) is 0 Å². The summed E-state index contributed by atoms with van der Waals surface area (Å²) in [4.78, 5) is 14.7. The van der Waals surface area contributed by atoms with Gasteiger partial charge in [-0.1, -0.05) is 16.8 Å². The molecule has 2 atom stereocenters. The van der Waals surface area contributed by atoms with Gasteiger partial charge in [0.05, 0.1) is 42.3 Å². The predicted octanol–water partition coefficient (Wildman–Crippen LogP) is 2.32. The van der Waals surface area contributed by atoms with Gasteiger partial charge in [0, 0.05) is 18.7 Å². The average molecular weight is 363 g/mol. The van der Waals surface area contributed by atoms with E-state index in [2.05, 4.69) is 10.3 Å². The number of halogens is 1. The summed E-state index contributed by atoms with van der Waals surface area (Å²) in [7, 11) is 0. The van der Waals surface area contributed by atoms with E-state index in [1.165, 1.54) is 0 Å². The van der Waals surface area contributed by atoms with Gasteiger partial charge in [-0.3, -0.25) is 4.79 Å². The Balaban J connectivity index is 1.53. The van der Waals surface area contributed by atoms with Gasteiger partial charge in [0.1, 0.15) is 5.75 Å². The van der Waals surface area contributed by atoms with Gasteiger partial charge in [-0.2, -0.15) is 0 Å². The second-order valence-electron chi connectivity index (χ2n) is 6.20. The van der Waals surface area contributed by atoms with Crippen molar-refractivity contribution in [3.63, 3.8) is 0 Å². The molecule has 1 aromatic carbocycles. The van der Waals surface area contributed by atoms with Crippen molar-refractivity contribution in [2.24, 2.45) is 0 Å². The SMILES string of the molecule is CCOc1ccc(C(=O)N2CCC3OCc4cnnn4C3C2)cc1Cl. The van der Waals surface area contributed by atoms with Crippen molar-refractivity contribution in [1.82, 2.24) is 19.9 Å². The van der Waals surface area contributed by atoms with E-state index in [1.807, 2.05) is 16.5 Å².